The third-order valence-electron chi connectivity index (χ3n) is 4.38. The fourth-order valence-corrected chi connectivity index (χ4v) is 3.19. The summed E-state index contributed by atoms with van der Waals surface area (Å²) >= 11 is 0. The van der Waals surface area contributed by atoms with E-state index >= 15 is 0 Å². The number of hydrogen-bond acceptors (Lipinski definition) is 2. The van der Waals surface area contributed by atoms with E-state index in [0.29, 0.717) is 11.5 Å². The molecule has 2 bridgehead atoms. The van der Waals surface area contributed by atoms with Gasteiger partial charge < -0.3 is 4.74 Å². The van der Waals surface area contributed by atoms with Crippen molar-refractivity contribution in [3.05, 3.63) is 12.2 Å². The van der Waals surface area contributed by atoms with Crippen LogP contribution in [0, 0.1) is 17.8 Å². The van der Waals surface area contributed by atoms with Gasteiger partial charge in [-0.15, -0.1) is 0 Å². The first-order chi connectivity index (χ1) is 7.42. The van der Waals surface area contributed by atoms with Crippen molar-refractivity contribution in [1.29, 1.82) is 0 Å². The Labute approximate surface area is 98.1 Å². The molecule has 3 atom stereocenters. The smallest absolute Gasteiger partial charge is 0.334 e. The lowest BCUT2D eigenvalue weighted by Gasteiger charge is -2.34. The van der Waals surface area contributed by atoms with Crippen LogP contribution in [0.15, 0.2) is 12.2 Å². The summed E-state index contributed by atoms with van der Waals surface area (Å²) in [5, 5.41) is 0. The molecule has 3 unspecified atom stereocenters. The minimum absolute atomic E-state index is 0.176. The molecule has 0 aromatic carbocycles. The molecule has 2 nitrogen and oxygen atoms in total. The molecule has 2 rings (SSSR count). The minimum Gasteiger partial charge on any atom is -0.456 e. The predicted molar refractivity (Wildman–Crippen MR) is 63.9 cm³/mol. The lowest BCUT2D eigenvalue weighted by Crippen LogP contribution is -2.37. The maximum Gasteiger partial charge on any atom is 0.334 e. The van der Waals surface area contributed by atoms with E-state index < -0.39 is 0 Å². The molecule has 0 N–H and O–H groups in total. The van der Waals surface area contributed by atoms with Gasteiger partial charge in [0.2, 0.25) is 0 Å². The Morgan fingerprint density at radius 2 is 2.12 bits per heavy atom. The fraction of sp³-hybridized carbons (Fsp3) is 0.786. The molecular formula is C14H22O2. The van der Waals surface area contributed by atoms with Crippen molar-refractivity contribution in [3.8, 4) is 0 Å². The maximum absolute atomic E-state index is 11.9. The fourth-order valence-electron chi connectivity index (χ4n) is 3.19. The van der Waals surface area contributed by atoms with Crippen LogP contribution in [0.1, 0.15) is 46.5 Å². The summed E-state index contributed by atoms with van der Waals surface area (Å²) in [4.78, 5) is 11.9. The van der Waals surface area contributed by atoms with Crippen LogP contribution in [-0.4, -0.2) is 11.6 Å². The first kappa shape index (κ1) is 11.7. The molecule has 0 aliphatic heterocycles. The van der Waals surface area contributed by atoms with Crippen molar-refractivity contribution in [2.45, 2.75) is 52.1 Å². The molecule has 90 valence electrons. The molecule has 16 heavy (non-hydrogen) atoms. The van der Waals surface area contributed by atoms with Crippen LogP contribution in [0.4, 0.5) is 0 Å². The Morgan fingerprint density at radius 1 is 1.44 bits per heavy atom. The Morgan fingerprint density at radius 3 is 2.56 bits per heavy atom. The Balaban J connectivity index is 2.00. The predicted octanol–water partition coefficient (Wildman–Crippen LogP) is 3.32. The largest absolute Gasteiger partial charge is 0.456 e. The number of rotatable bonds is 3. The van der Waals surface area contributed by atoms with Gasteiger partial charge in [-0.25, -0.2) is 4.79 Å². The number of carbonyl (C=O) groups excluding carboxylic acids is 1. The minimum atomic E-state index is -0.210. The third kappa shape index (κ3) is 1.90. The summed E-state index contributed by atoms with van der Waals surface area (Å²) in [5.41, 5.74) is 0.390. The van der Waals surface area contributed by atoms with Crippen LogP contribution in [0.25, 0.3) is 0 Å². The number of hydrogen-bond donors (Lipinski definition) is 0. The van der Waals surface area contributed by atoms with Crippen LogP contribution < -0.4 is 0 Å². The number of esters is 1. The summed E-state index contributed by atoms with van der Waals surface area (Å²) in [5.74, 6) is 1.36. The van der Waals surface area contributed by atoms with E-state index in [-0.39, 0.29) is 17.5 Å². The highest BCUT2D eigenvalue weighted by atomic mass is 16.6. The average Bonchev–Trinajstić information content (AvgIpc) is 2.75. The first-order valence-corrected chi connectivity index (χ1v) is 6.34. The Bertz CT molecular complexity index is 319. The molecule has 2 aliphatic carbocycles. The highest BCUT2D eigenvalue weighted by molar-refractivity contribution is 5.88. The van der Waals surface area contributed by atoms with Crippen LogP contribution >= 0.6 is 0 Å². The normalized spacial score (nSPS) is 36.8. The van der Waals surface area contributed by atoms with Gasteiger partial charge in [0.25, 0.3) is 0 Å². The van der Waals surface area contributed by atoms with E-state index in [1.807, 2.05) is 13.8 Å². The molecule has 0 aromatic heterocycles. The summed E-state index contributed by atoms with van der Waals surface area (Å²) in [6, 6.07) is 0. The lowest BCUT2D eigenvalue weighted by molar-refractivity contribution is -0.158. The van der Waals surface area contributed by atoms with Crippen LogP contribution in [-0.2, 0) is 9.53 Å². The van der Waals surface area contributed by atoms with Gasteiger partial charge in [-0.1, -0.05) is 20.4 Å². The number of fused-ring (bicyclic) bond motifs is 2. The van der Waals surface area contributed by atoms with Gasteiger partial charge in [0.05, 0.1) is 0 Å². The zero-order chi connectivity index (χ0) is 11.9. The van der Waals surface area contributed by atoms with E-state index in [9.17, 15) is 4.79 Å². The van der Waals surface area contributed by atoms with Gasteiger partial charge >= 0.3 is 5.97 Å². The standard InChI is InChI=1S/C14H22O2/c1-9(2)10(3)13(15)16-14(4)8-11-5-6-12(14)7-11/h9,11-12H,3,5-8H2,1-2,4H3. The molecule has 2 aliphatic rings. The second-order valence-electron chi connectivity index (χ2n) is 5.96. The van der Waals surface area contributed by atoms with Crippen molar-refractivity contribution < 1.29 is 9.53 Å². The van der Waals surface area contributed by atoms with E-state index in [2.05, 4.69) is 13.5 Å². The van der Waals surface area contributed by atoms with Gasteiger partial charge in [0, 0.05) is 5.57 Å². The van der Waals surface area contributed by atoms with E-state index in [1.165, 1.54) is 19.3 Å². The van der Waals surface area contributed by atoms with Gasteiger partial charge in [-0.05, 0) is 50.4 Å². The highest BCUT2D eigenvalue weighted by Gasteiger charge is 2.50. The third-order valence-corrected chi connectivity index (χ3v) is 4.38. The molecular weight excluding hydrogens is 200 g/mol. The molecule has 0 spiro atoms. The number of carbonyl (C=O) groups is 1. The van der Waals surface area contributed by atoms with Crippen LogP contribution in [0.3, 0.4) is 0 Å². The maximum atomic E-state index is 11.9. The second-order valence-corrected chi connectivity index (χ2v) is 5.96. The number of ether oxygens (including phenoxy) is 1. The monoisotopic (exact) mass is 222 g/mol. The molecule has 2 saturated carbocycles. The van der Waals surface area contributed by atoms with Gasteiger partial charge in [-0.2, -0.15) is 0 Å². The van der Waals surface area contributed by atoms with Gasteiger partial charge in [-0.3, -0.25) is 0 Å². The van der Waals surface area contributed by atoms with E-state index in [0.717, 1.165) is 12.3 Å². The van der Waals surface area contributed by atoms with Crippen molar-refractivity contribution in [2.24, 2.45) is 17.8 Å². The summed E-state index contributed by atoms with van der Waals surface area (Å²) < 4.78 is 5.72. The van der Waals surface area contributed by atoms with Crippen molar-refractivity contribution in [2.75, 3.05) is 0 Å². The van der Waals surface area contributed by atoms with Gasteiger partial charge in [0.1, 0.15) is 5.60 Å². The Hall–Kier alpha value is -0.790. The summed E-state index contributed by atoms with van der Waals surface area (Å²) in [7, 11) is 0. The molecule has 0 heterocycles. The van der Waals surface area contributed by atoms with Crippen molar-refractivity contribution >= 4 is 5.97 Å². The zero-order valence-electron chi connectivity index (χ0n) is 10.6. The summed E-state index contributed by atoms with van der Waals surface area (Å²) in [6.45, 7) is 9.87. The summed E-state index contributed by atoms with van der Waals surface area (Å²) in [6.07, 6.45) is 4.85. The second kappa shape index (κ2) is 3.90. The molecule has 2 fully saturated rings. The van der Waals surface area contributed by atoms with Crippen LogP contribution in [0.2, 0.25) is 0 Å². The highest BCUT2D eigenvalue weighted by Crippen LogP contribution is 2.52. The van der Waals surface area contributed by atoms with Gasteiger partial charge in [0.15, 0.2) is 0 Å². The molecule has 0 radical (unpaired) electrons. The van der Waals surface area contributed by atoms with E-state index in [1.54, 1.807) is 0 Å². The first-order valence-electron chi connectivity index (χ1n) is 6.34. The SMILES string of the molecule is C=C(C(=O)OC1(C)CC2CCC1C2)C(C)C. The molecule has 0 aromatic rings. The Kier molecular flexibility index (Phi) is 2.85. The quantitative estimate of drug-likeness (QED) is 0.541. The molecule has 0 saturated heterocycles. The topological polar surface area (TPSA) is 26.3 Å². The van der Waals surface area contributed by atoms with Crippen LogP contribution in [0.5, 0.6) is 0 Å². The van der Waals surface area contributed by atoms with Crippen molar-refractivity contribution in [1.82, 2.24) is 0 Å². The average molecular weight is 222 g/mol. The van der Waals surface area contributed by atoms with E-state index in [4.69, 9.17) is 4.74 Å². The lowest BCUT2D eigenvalue weighted by atomic mass is 9.85. The molecule has 2 heteroatoms. The zero-order valence-corrected chi connectivity index (χ0v) is 10.6. The van der Waals surface area contributed by atoms with Crippen molar-refractivity contribution in [3.63, 3.8) is 0 Å². The molecule has 0 amide bonds.